The second-order valence-corrected chi connectivity index (χ2v) is 7.65. The van der Waals surface area contributed by atoms with Crippen LogP contribution in [-0.4, -0.2) is 76.6 Å². The average molecular weight is 337 g/mol. The van der Waals surface area contributed by atoms with Gasteiger partial charge < -0.3 is 19.8 Å². The number of rotatable bonds is 3. The average Bonchev–Trinajstić information content (AvgIpc) is 3.25. The summed E-state index contributed by atoms with van der Waals surface area (Å²) in [7, 11) is 0. The Morgan fingerprint density at radius 2 is 1.58 bits per heavy atom. The van der Waals surface area contributed by atoms with Crippen molar-refractivity contribution in [2.75, 3.05) is 32.7 Å². The third-order valence-corrected chi connectivity index (χ3v) is 5.76. The Labute approximate surface area is 144 Å². The van der Waals surface area contributed by atoms with E-state index >= 15 is 0 Å². The SMILES string of the molecule is CC(O)CC1CCCN1C(=O)C1CCN(C(=O)N2CCCC2)CC1. The van der Waals surface area contributed by atoms with Crippen LogP contribution in [0.2, 0.25) is 0 Å². The van der Waals surface area contributed by atoms with Gasteiger partial charge in [-0.15, -0.1) is 0 Å². The van der Waals surface area contributed by atoms with E-state index in [2.05, 4.69) is 0 Å². The van der Waals surface area contributed by atoms with Crippen LogP contribution in [0, 0.1) is 5.92 Å². The number of nitrogens with zero attached hydrogens (tertiary/aromatic N) is 3. The molecule has 3 saturated heterocycles. The predicted octanol–water partition coefficient (Wildman–Crippen LogP) is 1.68. The Morgan fingerprint density at radius 3 is 2.21 bits per heavy atom. The van der Waals surface area contributed by atoms with Gasteiger partial charge in [0.15, 0.2) is 0 Å². The van der Waals surface area contributed by atoms with Crippen molar-refractivity contribution in [3.63, 3.8) is 0 Å². The molecule has 3 aliphatic heterocycles. The third-order valence-electron chi connectivity index (χ3n) is 5.76. The van der Waals surface area contributed by atoms with Crippen molar-refractivity contribution in [1.29, 1.82) is 0 Å². The fourth-order valence-corrected chi connectivity index (χ4v) is 4.43. The second-order valence-electron chi connectivity index (χ2n) is 7.65. The summed E-state index contributed by atoms with van der Waals surface area (Å²) < 4.78 is 0. The van der Waals surface area contributed by atoms with Crippen LogP contribution in [0.5, 0.6) is 0 Å². The summed E-state index contributed by atoms with van der Waals surface area (Å²) in [5.41, 5.74) is 0. The molecule has 24 heavy (non-hydrogen) atoms. The first-order chi connectivity index (χ1) is 11.6. The summed E-state index contributed by atoms with van der Waals surface area (Å²) in [5, 5.41) is 9.64. The Balaban J connectivity index is 1.50. The summed E-state index contributed by atoms with van der Waals surface area (Å²) in [5.74, 6) is 0.286. The first-order valence-corrected chi connectivity index (χ1v) is 9.58. The zero-order valence-corrected chi connectivity index (χ0v) is 14.8. The lowest BCUT2D eigenvalue weighted by molar-refractivity contribution is -0.138. The first kappa shape index (κ1) is 17.5. The van der Waals surface area contributed by atoms with Gasteiger partial charge in [-0.25, -0.2) is 4.79 Å². The molecular weight excluding hydrogens is 306 g/mol. The van der Waals surface area contributed by atoms with E-state index in [1.807, 2.05) is 14.7 Å². The molecule has 0 aromatic heterocycles. The quantitative estimate of drug-likeness (QED) is 0.852. The van der Waals surface area contributed by atoms with Gasteiger partial charge in [-0.1, -0.05) is 0 Å². The van der Waals surface area contributed by atoms with Crippen LogP contribution in [-0.2, 0) is 4.79 Å². The molecule has 0 aromatic rings. The Morgan fingerprint density at radius 1 is 0.958 bits per heavy atom. The summed E-state index contributed by atoms with van der Waals surface area (Å²) >= 11 is 0. The molecule has 0 spiro atoms. The van der Waals surface area contributed by atoms with Crippen molar-refractivity contribution in [3.8, 4) is 0 Å². The van der Waals surface area contributed by atoms with Gasteiger partial charge in [-0.3, -0.25) is 4.79 Å². The van der Waals surface area contributed by atoms with Crippen molar-refractivity contribution < 1.29 is 14.7 Å². The maximum Gasteiger partial charge on any atom is 0.319 e. The highest BCUT2D eigenvalue weighted by Gasteiger charge is 2.36. The molecule has 3 rings (SSSR count). The van der Waals surface area contributed by atoms with Crippen LogP contribution in [0.3, 0.4) is 0 Å². The highest BCUT2D eigenvalue weighted by Crippen LogP contribution is 2.28. The highest BCUT2D eigenvalue weighted by molar-refractivity contribution is 5.80. The number of amides is 3. The normalized spacial score (nSPS) is 26.9. The minimum absolute atomic E-state index is 0.0437. The number of aliphatic hydroxyl groups excluding tert-OH is 1. The largest absolute Gasteiger partial charge is 0.393 e. The van der Waals surface area contributed by atoms with Crippen LogP contribution in [0.4, 0.5) is 4.79 Å². The van der Waals surface area contributed by atoms with E-state index in [1.54, 1.807) is 6.92 Å². The molecule has 6 nitrogen and oxygen atoms in total. The van der Waals surface area contributed by atoms with E-state index in [-0.39, 0.29) is 30.0 Å². The van der Waals surface area contributed by atoms with Crippen molar-refractivity contribution in [2.45, 2.75) is 64.0 Å². The van der Waals surface area contributed by atoms with Gasteiger partial charge in [0.2, 0.25) is 5.91 Å². The van der Waals surface area contributed by atoms with E-state index < -0.39 is 0 Å². The number of hydrogen-bond donors (Lipinski definition) is 1. The molecule has 136 valence electrons. The topological polar surface area (TPSA) is 64.1 Å². The fraction of sp³-hybridized carbons (Fsp3) is 0.889. The standard InChI is InChI=1S/C18H31N3O3/c1-14(22)13-16-5-4-10-21(16)17(23)15-6-11-20(12-7-15)18(24)19-8-2-3-9-19/h14-16,22H,2-13H2,1H3. The van der Waals surface area contributed by atoms with Crippen LogP contribution < -0.4 is 0 Å². The summed E-state index contributed by atoms with van der Waals surface area (Å²) in [4.78, 5) is 31.2. The Bertz CT molecular complexity index is 454. The smallest absolute Gasteiger partial charge is 0.319 e. The van der Waals surface area contributed by atoms with Crippen LogP contribution in [0.15, 0.2) is 0 Å². The molecule has 0 bridgehead atoms. The van der Waals surface area contributed by atoms with Gasteiger partial charge >= 0.3 is 6.03 Å². The number of urea groups is 1. The zero-order valence-electron chi connectivity index (χ0n) is 14.8. The number of hydrogen-bond acceptors (Lipinski definition) is 3. The van der Waals surface area contributed by atoms with Crippen LogP contribution in [0.1, 0.15) is 51.9 Å². The molecule has 3 heterocycles. The molecule has 0 aromatic carbocycles. The summed E-state index contributed by atoms with van der Waals surface area (Å²) in [6, 6.07) is 0.355. The summed E-state index contributed by atoms with van der Waals surface area (Å²) in [6.45, 7) is 5.77. The van der Waals surface area contributed by atoms with Crippen molar-refractivity contribution >= 4 is 11.9 Å². The molecule has 3 fully saturated rings. The van der Waals surface area contributed by atoms with Gasteiger partial charge in [-0.2, -0.15) is 0 Å². The van der Waals surface area contributed by atoms with E-state index in [9.17, 15) is 14.7 Å². The zero-order chi connectivity index (χ0) is 17.1. The van der Waals surface area contributed by atoms with Gasteiger partial charge in [0, 0.05) is 44.7 Å². The monoisotopic (exact) mass is 337 g/mol. The molecule has 0 radical (unpaired) electrons. The van der Waals surface area contributed by atoms with Crippen LogP contribution in [0.25, 0.3) is 0 Å². The maximum atomic E-state index is 12.9. The van der Waals surface area contributed by atoms with E-state index in [0.717, 1.165) is 58.2 Å². The molecule has 0 saturated carbocycles. The number of carbonyl (C=O) groups excluding carboxylic acids is 2. The highest BCUT2D eigenvalue weighted by atomic mass is 16.3. The minimum Gasteiger partial charge on any atom is -0.393 e. The molecule has 2 unspecified atom stereocenters. The van der Waals surface area contributed by atoms with Gasteiger partial charge in [0.1, 0.15) is 0 Å². The molecule has 3 amide bonds. The number of likely N-dealkylation sites (tertiary alicyclic amines) is 3. The third kappa shape index (κ3) is 3.85. The van der Waals surface area contributed by atoms with Crippen LogP contribution >= 0.6 is 0 Å². The van der Waals surface area contributed by atoms with Crippen molar-refractivity contribution in [2.24, 2.45) is 5.92 Å². The minimum atomic E-state index is -0.358. The molecule has 6 heteroatoms. The lowest BCUT2D eigenvalue weighted by Gasteiger charge is -2.36. The second kappa shape index (κ2) is 7.72. The van der Waals surface area contributed by atoms with E-state index in [0.29, 0.717) is 19.5 Å². The maximum absolute atomic E-state index is 12.9. The number of carbonyl (C=O) groups is 2. The number of piperidine rings is 1. The lowest BCUT2D eigenvalue weighted by atomic mass is 9.94. The fourth-order valence-electron chi connectivity index (χ4n) is 4.43. The van der Waals surface area contributed by atoms with E-state index in [1.165, 1.54) is 0 Å². The van der Waals surface area contributed by atoms with Gasteiger partial charge in [-0.05, 0) is 51.9 Å². The predicted molar refractivity (Wildman–Crippen MR) is 91.5 cm³/mol. The number of aliphatic hydroxyl groups is 1. The van der Waals surface area contributed by atoms with E-state index in [4.69, 9.17) is 0 Å². The van der Waals surface area contributed by atoms with Gasteiger partial charge in [0.25, 0.3) is 0 Å². The molecular formula is C18H31N3O3. The van der Waals surface area contributed by atoms with Crippen molar-refractivity contribution in [1.82, 2.24) is 14.7 Å². The molecule has 0 aliphatic carbocycles. The van der Waals surface area contributed by atoms with Gasteiger partial charge in [0.05, 0.1) is 6.10 Å². The molecule has 1 N–H and O–H groups in total. The van der Waals surface area contributed by atoms with Crippen molar-refractivity contribution in [3.05, 3.63) is 0 Å². The Hall–Kier alpha value is -1.30. The summed E-state index contributed by atoms with van der Waals surface area (Å²) in [6.07, 6.45) is 6.13. The first-order valence-electron chi connectivity index (χ1n) is 9.58. The molecule has 2 atom stereocenters. The molecule has 3 aliphatic rings. The Kier molecular flexibility index (Phi) is 5.64. The lowest BCUT2D eigenvalue weighted by Crippen LogP contribution is -2.49.